The SMILES string of the molecule is CCC(C)CN(CC)CC(N)c1cc2ccccc2o1. The third-order valence-electron chi connectivity index (χ3n) is 3.98. The fourth-order valence-corrected chi connectivity index (χ4v) is 2.46. The van der Waals surface area contributed by atoms with Crippen LogP contribution in [-0.4, -0.2) is 24.5 Å². The van der Waals surface area contributed by atoms with Crippen LogP contribution in [0.3, 0.4) is 0 Å². The highest BCUT2D eigenvalue weighted by atomic mass is 16.3. The number of hydrogen-bond donors (Lipinski definition) is 1. The van der Waals surface area contributed by atoms with Crippen LogP contribution in [0.4, 0.5) is 0 Å². The molecule has 0 aliphatic carbocycles. The predicted molar refractivity (Wildman–Crippen MR) is 84.7 cm³/mol. The number of benzene rings is 1. The number of rotatable bonds is 7. The standard InChI is InChI=1S/C17H26N2O/c1-4-13(3)11-19(5-2)12-15(18)17-10-14-8-6-7-9-16(14)20-17/h6-10,13,15H,4-5,11-12,18H2,1-3H3. The van der Waals surface area contributed by atoms with E-state index in [4.69, 9.17) is 10.2 Å². The molecule has 0 fully saturated rings. The van der Waals surface area contributed by atoms with Gasteiger partial charge in [0, 0.05) is 18.5 Å². The Morgan fingerprint density at radius 1 is 1.20 bits per heavy atom. The molecule has 1 aromatic heterocycles. The molecule has 0 aliphatic heterocycles. The van der Waals surface area contributed by atoms with Crippen molar-refractivity contribution in [3.05, 3.63) is 36.1 Å². The zero-order valence-corrected chi connectivity index (χ0v) is 12.8. The Morgan fingerprint density at radius 3 is 2.60 bits per heavy atom. The second-order valence-electron chi connectivity index (χ2n) is 5.66. The minimum Gasteiger partial charge on any atom is -0.459 e. The van der Waals surface area contributed by atoms with Gasteiger partial charge in [0.1, 0.15) is 11.3 Å². The Bertz CT molecular complexity index is 502. The Balaban J connectivity index is 2.04. The number of likely N-dealkylation sites (N-methyl/N-ethyl adjacent to an activating group) is 1. The third kappa shape index (κ3) is 3.62. The molecule has 0 radical (unpaired) electrons. The van der Waals surface area contributed by atoms with E-state index in [0.717, 1.165) is 36.4 Å². The molecule has 2 N–H and O–H groups in total. The summed E-state index contributed by atoms with van der Waals surface area (Å²) >= 11 is 0. The maximum absolute atomic E-state index is 6.32. The third-order valence-corrected chi connectivity index (χ3v) is 3.98. The highest BCUT2D eigenvalue weighted by molar-refractivity contribution is 5.77. The van der Waals surface area contributed by atoms with Crippen molar-refractivity contribution in [1.29, 1.82) is 0 Å². The summed E-state index contributed by atoms with van der Waals surface area (Å²) in [6.07, 6.45) is 1.20. The molecule has 110 valence electrons. The summed E-state index contributed by atoms with van der Waals surface area (Å²) in [5, 5.41) is 1.13. The van der Waals surface area contributed by atoms with Gasteiger partial charge in [-0.3, -0.25) is 0 Å². The monoisotopic (exact) mass is 274 g/mol. The van der Waals surface area contributed by atoms with E-state index in [1.165, 1.54) is 6.42 Å². The van der Waals surface area contributed by atoms with Gasteiger partial charge in [0.05, 0.1) is 6.04 Å². The van der Waals surface area contributed by atoms with Gasteiger partial charge in [-0.25, -0.2) is 0 Å². The zero-order chi connectivity index (χ0) is 14.5. The van der Waals surface area contributed by atoms with Gasteiger partial charge in [-0.1, -0.05) is 45.4 Å². The highest BCUT2D eigenvalue weighted by Crippen LogP contribution is 2.23. The number of para-hydroxylation sites is 1. The summed E-state index contributed by atoms with van der Waals surface area (Å²) in [5.41, 5.74) is 7.24. The molecule has 3 nitrogen and oxygen atoms in total. The quantitative estimate of drug-likeness (QED) is 0.835. The lowest BCUT2D eigenvalue weighted by Gasteiger charge is -2.25. The van der Waals surface area contributed by atoms with Gasteiger partial charge in [0.15, 0.2) is 0 Å². The van der Waals surface area contributed by atoms with Gasteiger partial charge >= 0.3 is 0 Å². The zero-order valence-electron chi connectivity index (χ0n) is 12.8. The number of hydrogen-bond acceptors (Lipinski definition) is 3. The van der Waals surface area contributed by atoms with Gasteiger partial charge < -0.3 is 15.1 Å². The summed E-state index contributed by atoms with van der Waals surface area (Å²) < 4.78 is 5.85. The first-order chi connectivity index (χ1) is 9.63. The van der Waals surface area contributed by atoms with Crippen LogP contribution in [-0.2, 0) is 0 Å². The largest absolute Gasteiger partial charge is 0.459 e. The molecular formula is C17H26N2O. The van der Waals surface area contributed by atoms with Crippen LogP contribution >= 0.6 is 0 Å². The first kappa shape index (κ1) is 15.1. The van der Waals surface area contributed by atoms with E-state index < -0.39 is 0 Å². The maximum Gasteiger partial charge on any atom is 0.134 e. The molecule has 1 aromatic carbocycles. The molecule has 0 aliphatic rings. The summed E-state index contributed by atoms with van der Waals surface area (Å²) in [5.74, 6) is 1.59. The first-order valence-corrected chi connectivity index (χ1v) is 7.60. The molecule has 2 rings (SSSR count). The van der Waals surface area contributed by atoms with Gasteiger partial charge in [-0.05, 0) is 24.6 Å². The molecule has 20 heavy (non-hydrogen) atoms. The Labute approximate surface area is 121 Å². The average molecular weight is 274 g/mol. The van der Waals surface area contributed by atoms with Gasteiger partial charge in [0.2, 0.25) is 0 Å². The first-order valence-electron chi connectivity index (χ1n) is 7.60. The molecule has 0 amide bonds. The second-order valence-corrected chi connectivity index (χ2v) is 5.66. The Hall–Kier alpha value is -1.32. The molecular weight excluding hydrogens is 248 g/mol. The van der Waals surface area contributed by atoms with Gasteiger partial charge in [-0.15, -0.1) is 0 Å². The molecule has 0 saturated carbocycles. The van der Waals surface area contributed by atoms with Crippen molar-refractivity contribution in [2.24, 2.45) is 11.7 Å². The second kappa shape index (κ2) is 6.91. The van der Waals surface area contributed by atoms with Crippen LogP contribution in [0.25, 0.3) is 11.0 Å². The van der Waals surface area contributed by atoms with E-state index in [-0.39, 0.29) is 6.04 Å². The summed E-state index contributed by atoms with van der Waals surface area (Å²) in [6.45, 7) is 9.68. The topological polar surface area (TPSA) is 42.4 Å². The number of furan rings is 1. The van der Waals surface area contributed by atoms with Crippen molar-refractivity contribution in [3.63, 3.8) is 0 Å². The lowest BCUT2D eigenvalue weighted by molar-refractivity contribution is 0.225. The van der Waals surface area contributed by atoms with E-state index in [0.29, 0.717) is 5.92 Å². The summed E-state index contributed by atoms with van der Waals surface area (Å²) in [4.78, 5) is 2.41. The van der Waals surface area contributed by atoms with Crippen LogP contribution in [0, 0.1) is 5.92 Å². The Kier molecular flexibility index (Phi) is 5.21. The minimum absolute atomic E-state index is 0.0635. The van der Waals surface area contributed by atoms with Crippen LogP contribution < -0.4 is 5.73 Å². The molecule has 1 heterocycles. The molecule has 2 unspecified atom stereocenters. The molecule has 2 aromatic rings. The number of fused-ring (bicyclic) bond motifs is 1. The molecule has 3 heteroatoms. The predicted octanol–water partition coefficient (Wildman–Crippen LogP) is 3.80. The van der Waals surface area contributed by atoms with Crippen LogP contribution in [0.5, 0.6) is 0 Å². The van der Waals surface area contributed by atoms with Crippen molar-refractivity contribution in [2.75, 3.05) is 19.6 Å². The highest BCUT2D eigenvalue weighted by Gasteiger charge is 2.16. The molecule has 2 atom stereocenters. The number of nitrogens with zero attached hydrogens (tertiary/aromatic N) is 1. The average Bonchev–Trinajstić information content (AvgIpc) is 2.90. The smallest absolute Gasteiger partial charge is 0.134 e. The normalized spacial score (nSPS) is 14.8. The summed E-state index contributed by atoms with van der Waals surface area (Å²) in [6, 6.07) is 10.1. The van der Waals surface area contributed by atoms with E-state index >= 15 is 0 Å². The van der Waals surface area contributed by atoms with Crippen molar-refractivity contribution in [1.82, 2.24) is 4.90 Å². The van der Waals surface area contributed by atoms with Crippen LogP contribution in [0.1, 0.15) is 39.0 Å². The van der Waals surface area contributed by atoms with Gasteiger partial charge in [0.25, 0.3) is 0 Å². The maximum atomic E-state index is 6.32. The number of nitrogens with two attached hydrogens (primary N) is 1. The van der Waals surface area contributed by atoms with Crippen molar-refractivity contribution < 1.29 is 4.42 Å². The van der Waals surface area contributed by atoms with E-state index in [2.05, 4.69) is 37.8 Å². The van der Waals surface area contributed by atoms with E-state index in [1.807, 2.05) is 18.2 Å². The molecule has 0 bridgehead atoms. The lowest BCUT2D eigenvalue weighted by Crippen LogP contribution is -2.35. The van der Waals surface area contributed by atoms with Crippen LogP contribution in [0.2, 0.25) is 0 Å². The van der Waals surface area contributed by atoms with Crippen LogP contribution in [0.15, 0.2) is 34.7 Å². The van der Waals surface area contributed by atoms with E-state index in [9.17, 15) is 0 Å². The fraction of sp³-hybridized carbons (Fsp3) is 0.529. The van der Waals surface area contributed by atoms with E-state index in [1.54, 1.807) is 0 Å². The Morgan fingerprint density at radius 2 is 1.95 bits per heavy atom. The van der Waals surface area contributed by atoms with Crippen molar-refractivity contribution >= 4 is 11.0 Å². The molecule has 0 spiro atoms. The van der Waals surface area contributed by atoms with Crippen molar-refractivity contribution in [3.8, 4) is 0 Å². The fourth-order valence-electron chi connectivity index (χ4n) is 2.46. The minimum atomic E-state index is -0.0635. The molecule has 0 saturated heterocycles. The summed E-state index contributed by atoms with van der Waals surface area (Å²) in [7, 11) is 0. The van der Waals surface area contributed by atoms with Crippen molar-refractivity contribution in [2.45, 2.75) is 33.2 Å². The van der Waals surface area contributed by atoms with Gasteiger partial charge in [-0.2, -0.15) is 0 Å². The lowest BCUT2D eigenvalue weighted by atomic mass is 10.1.